The van der Waals surface area contributed by atoms with Crippen molar-refractivity contribution in [1.82, 2.24) is 0 Å². The Kier molecular flexibility index (Phi) is 4.40. The van der Waals surface area contributed by atoms with E-state index in [1.54, 1.807) is 0 Å². The lowest BCUT2D eigenvalue weighted by atomic mass is 9.87. The van der Waals surface area contributed by atoms with Crippen LogP contribution in [0.5, 0.6) is 0 Å². The van der Waals surface area contributed by atoms with Gasteiger partial charge in [0.05, 0.1) is 5.41 Å². The molecule has 17 heavy (non-hydrogen) atoms. The Labute approximate surface area is 101 Å². The molecule has 1 heterocycles. The van der Waals surface area contributed by atoms with Gasteiger partial charge in [0.15, 0.2) is 12.8 Å². The zero-order chi connectivity index (χ0) is 12.9. The lowest BCUT2D eigenvalue weighted by molar-refractivity contribution is -0.436. The van der Waals surface area contributed by atoms with E-state index in [-0.39, 0.29) is 12.0 Å². The molecule has 0 fully saturated rings. The molecule has 0 radical (unpaired) electrons. The molecule has 0 saturated carbocycles. The first kappa shape index (κ1) is 13.4. The van der Waals surface area contributed by atoms with Crippen LogP contribution in [0.2, 0.25) is 0 Å². The summed E-state index contributed by atoms with van der Waals surface area (Å²) in [4.78, 5) is 8.25. The smallest absolute Gasteiger partial charge is 0.209 e. The largest absolute Gasteiger partial charge is 0.554 e. The van der Waals surface area contributed by atoms with Gasteiger partial charge in [0.25, 0.3) is 0 Å². The summed E-state index contributed by atoms with van der Waals surface area (Å²) in [5.41, 5.74) is 2.66. The third-order valence-corrected chi connectivity index (χ3v) is 2.73. The molecule has 0 aliphatic carbocycles. The molecular weight excluding hydrogens is 218 g/mol. The van der Waals surface area contributed by atoms with Crippen LogP contribution in [0.25, 0.3) is 0 Å². The number of carbonyl (C=O) groups is 1. The molecule has 1 aromatic carbocycles. The molecule has 0 bridgehead atoms. The Morgan fingerprint density at radius 1 is 1.41 bits per heavy atom. The molecule has 0 amide bonds. The van der Waals surface area contributed by atoms with E-state index in [2.05, 4.69) is 42.8 Å². The average molecular weight is 235 g/mol. The van der Waals surface area contributed by atoms with E-state index >= 15 is 0 Å². The van der Waals surface area contributed by atoms with Gasteiger partial charge in [-0.25, -0.2) is 0 Å². The predicted molar refractivity (Wildman–Crippen MR) is 63.5 cm³/mol. The van der Waals surface area contributed by atoms with Gasteiger partial charge in [-0.05, 0) is 13.8 Å². The van der Waals surface area contributed by atoms with E-state index in [0.29, 0.717) is 6.54 Å². The molecular formula is C13H17NO3. The molecule has 4 heteroatoms. The average Bonchev–Trinajstić information content (AvgIpc) is 2.54. The number of β-amino-alcohol motifs (C(OH)–C–C–N with tert-alkyl or cyclic N) is 1. The van der Waals surface area contributed by atoms with Gasteiger partial charge in [-0.2, -0.15) is 4.58 Å². The molecule has 0 unspecified atom stereocenters. The highest BCUT2D eigenvalue weighted by atomic mass is 16.3. The zero-order valence-electron chi connectivity index (χ0n) is 10.1. The maximum Gasteiger partial charge on any atom is 0.209 e. The summed E-state index contributed by atoms with van der Waals surface area (Å²) in [7, 11) is 0. The first-order valence-electron chi connectivity index (χ1n) is 5.45. The summed E-state index contributed by atoms with van der Waals surface area (Å²) in [6, 6.07) is 8.37. The van der Waals surface area contributed by atoms with E-state index in [1.807, 2.05) is 6.07 Å². The van der Waals surface area contributed by atoms with Crippen LogP contribution in [0, 0.1) is 0 Å². The second-order valence-electron chi connectivity index (χ2n) is 4.38. The fraction of sp³-hybridized carbons (Fsp3) is 0.385. The highest BCUT2D eigenvalue weighted by molar-refractivity contribution is 5.76. The van der Waals surface area contributed by atoms with Gasteiger partial charge in [-0.15, -0.1) is 0 Å². The van der Waals surface area contributed by atoms with E-state index in [0.717, 1.165) is 0 Å². The minimum absolute atomic E-state index is 0.0891. The van der Waals surface area contributed by atoms with Crippen molar-refractivity contribution in [2.45, 2.75) is 19.3 Å². The Balaban J connectivity index is 0.000000437. The van der Waals surface area contributed by atoms with Crippen LogP contribution in [0.1, 0.15) is 19.4 Å². The zero-order valence-corrected chi connectivity index (χ0v) is 10.1. The molecule has 1 aromatic rings. The first-order chi connectivity index (χ1) is 8.06. The number of aliphatic hydroxyl groups excluding tert-OH is 1. The molecule has 1 N–H and O–H groups in total. The molecule has 0 aromatic heterocycles. The van der Waals surface area contributed by atoms with Gasteiger partial charge in [0.1, 0.15) is 6.61 Å². The fourth-order valence-corrected chi connectivity index (χ4v) is 2.09. The number of para-hydroxylation sites is 1. The quantitative estimate of drug-likeness (QED) is 0.582. The van der Waals surface area contributed by atoms with E-state index < -0.39 is 6.47 Å². The highest BCUT2D eigenvalue weighted by Crippen LogP contribution is 2.35. The molecule has 92 valence electrons. The van der Waals surface area contributed by atoms with Crippen LogP contribution in [-0.2, 0) is 10.2 Å². The number of rotatable bonds is 2. The lowest BCUT2D eigenvalue weighted by Gasteiger charge is -2.09. The third-order valence-electron chi connectivity index (χ3n) is 2.73. The first-order valence-corrected chi connectivity index (χ1v) is 5.45. The molecule has 0 spiro atoms. The second-order valence-corrected chi connectivity index (χ2v) is 4.38. The van der Waals surface area contributed by atoms with Crippen molar-refractivity contribution in [3.63, 3.8) is 0 Å². The van der Waals surface area contributed by atoms with Crippen molar-refractivity contribution in [2.24, 2.45) is 0 Å². The van der Waals surface area contributed by atoms with Crippen LogP contribution in [0.3, 0.4) is 0 Å². The third kappa shape index (κ3) is 2.91. The van der Waals surface area contributed by atoms with Crippen molar-refractivity contribution in [3.8, 4) is 0 Å². The fourth-order valence-electron chi connectivity index (χ4n) is 2.09. The number of fused-ring (bicyclic) bond motifs is 1. The van der Waals surface area contributed by atoms with Gasteiger partial charge >= 0.3 is 0 Å². The Morgan fingerprint density at radius 2 is 2.00 bits per heavy atom. The van der Waals surface area contributed by atoms with E-state index in [1.165, 1.54) is 11.3 Å². The van der Waals surface area contributed by atoms with Crippen molar-refractivity contribution >= 4 is 18.4 Å². The lowest BCUT2D eigenvalue weighted by Crippen LogP contribution is -2.17. The normalized spacial score (nSPS) is 15.4. The van der Waals surface area contributed by atoms with Crippen LogP contribution >= 0.6 is 0 Å². The maximum atomic E-state index is 8.96. The van der Waals surface area contributed by atoms with Crippen molar-refractivity contribution in [3.05, 3.63) is 29.8 Å². The minimum atomic E-state index is -0.500. The standard InChI is InChI=1S/C12H16NO.CH2O2/c1-12(2)9-13(7-8-14)11-6-4-3-5-10(11)12;2-1-3/h3-6,9,14H,7-8H2,1-2H3;1H,(H,2,3)/q+1;/p-1. The molecule has 2 rings (SSSR count). The van der Waals surface area contributed by atoms with Gasteiger partial charge in [0, 0.05) is 18.1 Å². The van der Waals surface area contributed by atoms with Gasteiger partial charge in [0.2, 0.25) is 5.69 Å². The molecule has 0 saturated heterocycles. The van der Waals surface area contributed by atoms with Gasteiger partial charge < -0.3 is 15.0 Å². The van der Waals surface area contributed by atoms with Crippen LogP contribution in [0.15, 0.2) is 24.3 Å². The molecule has 0 atom stereocenters. The van der Waals surface area contributed by atoms with Crippen LogP contribution in [0.4, 0.5) is 5.69 Å². The minimum Gasteiger partial charge on any atom is -0.554 e. The van der Waals surface area contributed by atoms with Crippen molar-refractivity contribution in [2.75, 3.05) is 13.2 Å². The number of carbonyl (C=O) groups excluding carboxylic acids is 1. The summed E-state index contributed by atoms with van der Waals surface area (Å²) >= 11 is 0. The number of hydrogen-bond acceptors (Lipinski definition) is 3. The summed E-state index contributed by atoms with van der Waals surface area (Å²) < 4.78 is 2.13. The summed E-state index contributed by atoms with van der Waals surface area (Å²) in [5.74, 6) is 0. The summed E-state index contributed by atoms with van der Waals surface area (Å²) in [5, 5.41) is 17.2. The SMILES string of the molecule is CC1(C)C=[N+](CCO)c2ccccc21.O=C[O-]. The predicted octanol–water partition coefficient (Wildman–Crippen LogP) is 0.0510. The van der Waals surface area contributed by atoms with E-state index in [4.69, 9.17) is 15.0 Å². The monoisotopic (exact) mass is 235 g/mol. The maximum absolute atomic E-state index is 8.96. The number of nitrogens with zero attached hydrogens (tertiary/aromatic N) is 1. The van der Waals surface area contributed by atoms with Crippen LogP contribution in [-0.4, -0.2) is 35.5 Å². The Bertz CT molecular complexity index is 424. The summed E-state index contributed by atoms with van der Waals surface area (Å²) in [6.07, 6.45) is 2.19. The van der Waals surface area contributed by atoms with E-state index in [9.17, 15) is 0 Å². The Morgan fingerprint density at radius 3 is 2.59 bits per heavy atom. The number of hydrogen-bond donors (Lipinski definition) is 1. The number of aliphatic hydroxyl groups is 1. The molecule has 4 nitrogen and oxygen atoms in total. The number of carboxylic acid groups (broad SMARTS) is 1. The molecule has 1 aliphatic rings. The molecule has 1 aliphatic heterocycles. The topological polar surface area (TPSA) is 63.4 Å². The van der Waals surface area contributed by atoms with Gasteiger partial charge in [-0.1, -0.05) is 18.2 Å². The second kappa shape index (κ2) is 5.59. The van der Waals surface area contributed by atoms with Crippen molar-refractivity contribution < 1.29 is 19.6 Å². The Hall–Kier alpha value is -1.68. The highest BCUT2D eigenvalue weighted by Gasteiger charge is 2.36. The van der Waals surface area contributed by atoms with Gasteiger partial charge in [-0.3, -0.25) is 0 Å². The van der Waals surface area contributed by atoms with Crippen LogP contribution < -0.4 is 5.11 Å². The summed E-state index contributed by atoms with van der Waals surface area (Å²) in [6.45, 7) is 4.77. The number of benzene rings is 1. The van der Waals surface area contributed by atoms with Crippen molar-refractivity contribution in [1.29, 1.82) is 0 Å².